The summed E-state index contributed by atoms with van der Waals surface area (Å²) in [4.78, 5) is 8.72. The number of halogens is 2. The summed E-state index contributed by atoms with van der Waals surface area (Å²) in [6, 6.07) is 8.14. The average molecular weight is 397 g/mol. The number of aliphatic hydroxyl groups excluding tert-OH is 1. The van der Waals surface area contributed by atoms with Crippen molar-refractivity contribution in [3.05, 3.63) is 50.9 Å². The van der Waals surface area contributed by atoms with Crippen LogP contribution < -0.4 is 0 Å². The molecule has 2 heterocycles. The number of hydrogen-bond donors (Lipinski definition) is 1. The van der Waals surface area contributed by atoms with Gasteiger partial charge in [0.05, 0.1) is 18.0 Å². The highest BCUT2D eigenvalue weighted by molar-refractivity contribution is 9.11. The number of aromatic nitrogens is 3. The summed E-state index contributed by atoms with van der Waals surface area (Å²) < 4.78 is 3.27. The normalized spacial score (nSPS) is 11.2. The van der Waals surface area contributed by atoms with Crippen molar-refractivity contribution < 1.29 is 5.11 Å². The average Bonchev–Trinajstić information content (AvgIpc) is 2.78. The topological polar surface area (TPSA) is 50.4 Å². The summed E-state index contributed by atoms with van der Waals surface area (Å²) >= 11 is 6.78. The minimum Gasteiger partial charge on any atom is -0.390 e. The van der Waals surface area contributed by atoms with Crippen molar-refractivity contribution in [3.8, 4) is 11.3 Å². The number of fused-ring (bicyclic) bond motifs is 1. The molecule has 0 bridgehead atoms. The largest absolute Gasteiger partial charge is 0.390 e. The van der Waals surface area contributed by atoms with E-state index in [1.165, 1.54) is 5.56 Å². The van der Waals surface area contributed by atoms with Crippen LogP contribution in [0.25, 0.3) is 16.9 Å². The van der Waals surface area contributed by atoms with E-state index in [0.717, 1.165) is 11.3 Å². The molecule has 1 aromatic carbocycles. The Labute approximate surface area is 132 Å². The maximum Gasteiger partial charge on any atom is 0.171 e. The number of benzene rings is 1. The zero-order valence-corrected chi connectivity index (χ0v) is 13.8. The zero-order chi connectivity index (χ0) is 14.3. The molecule has 3 rings (SSSR count). The Bertz CT molecular complexity index is 781. The van der Waals surface area contributed by atoms with Crippen LogP contribution in [0.1, 0.15) is 11.3 Å². The van der Waals surface area contributed by atoms with Gasteiger partial charge >= 0.3 is 0 Å². The van der Waals surface area contributed by atoms with E-state index in [2.05, 4.69) is 41.8 Å². The fourth-order valence-corrected chi connectivity index (χ4v) is 3.25. The first-order valence-corrected chi connectivity index (χ1v) is 7.59. The smallest absolute Gasteiger partial charge is 0.171 e. The molecular formula is C14H11Br2N3O. The lowest BCUT2D eigenvalue weighted by atomic mass is 10.1. The predicted octanol–water partition coefficient (Wildman–Crippen LogP) is 3.72. The van der Waals surface area contributed by atoms with Gasteiger partial charge in [0, 0.05) is 11.8 Å². The second-order valence-electron chi connectivity index (χ2n) is 4.48. The quantitative estimate of drug-likeness (QED) is 0.718. The molecule has 3 aromatic rings. The molecule has 0 aliphatic heterocycles. The van der Waals surface area contributed by atoms with Gasteiger partial charge in [-0.2, -0.15) is 0 Å². The molecule has 6 heteroatoms. The van der Waals surface area contributed by atoms with Crippen molar-refractivity contribution in [1.82, 2.24) is 14.4 Å². The Morgan fingerprint density at radius 2 is 1.85 bits per heavy atom. The van der Waals surface area contributed by atoms with Crippen LogP contribution in [-0.2, 0) is 6.61 Å². The predicted molar refractivity (Wildman–Crippen MR) is 84.5 cm³/mol. The van der Waals surface area contributed by atoms with Gasteiger partial charge in [-0.3, -0.25) is 4.40 Å². The molecule has 102 valence electrons. The maximum atomic E-state index is 9.57. The Hall–Kier alpha value is -1.24. The van der Waals surface area contributed by atoms with Crippen molar-refractivity contribution in [3.63, 3.8) is 0 Å². The fraction of sp³-hybridized carbons (Fsp3) is 0.143. The number of nitrogens with zero attached hydrogens (tertiary/aromatic N) is 3. The van der Waals surface area contributed by atoms with Gasteiger partial charge in [0.2, 0.25) is 0 Å². The van der Waals surface area contributed by atoms with E-state index in [0.29, 0.717) is 20.5 Å². The minimum atomic E-state index is -0.116. The van der Waals surface area contributed by atoms with E-state index in [-0.39, 0.29) is 6.61 Å². The van der Waals surface area contributed by atoms with Gasteiger partial charge in [-0.25, -0.2) is 9.97 Å². The molecule has 4 nitrogen and oxygen atoms in total. The number of aryl methyl sites for hydroxylation is 1. The third-order valence-corrected chi connectivity index (χ3v) is 4.00. The summed E-state index contributed by atoms with van der Waals surface area (Å²) in [5, 5.41) is 9.57. The monoisotopic (exact) mass is 395 g/mol. The second kappa shape index (κ2) is 5.27. The van der Waals surface area contributed by atoms with E-state index < -0.39 is 0 Å². The highest BCUT2D eigenvalue weighted by Crippen LogP contribution is 2.29. The lowest BCUT2D eigenvalue weighted by Gasteiger charge is -2.05. The van der Waals surface area contributed by atoms with E-state index in [1.807, 2.05) is 41.8 Å². The van der Waals surface area contributed by atoms with E-state index >= 15 is 0 Å². The van der Waals surface area contributed by atoms with Gasteiger partial charge in [-0.1, -0.05) is 29.8 Å². The van der Waals surface area contributed by atoms with Crippen LogP contribution in [0.15, 0.2) is 39.7 Å². The van der Waals surface area contributed by atoms with Crippen molar-refractivity contribution in [2.45, 2.75) is 13.5 Å². The molecule has 0 unspecified atom stereocenters. The Morgan fingerprint density at radius 3 is 2.50 bits per heavy atom. The van der Waals surface area contributed by atoms with Gasteiger partial charge in [-0.15, -0.1) is 0 Å². The SMILES string of the molecule is Cc1ccc(-c2c(CO)nc3c(Br)nc(Br)cn23)cc1. The molecule has 0 aliphatic carbocycles. The minimum absolute atomic E-state index is 0.116. The Kier molecular flexibility index (Phi) is 3.62. The molecule has 0 saturated heterocycles. The molecule has 1 N–H and O–H groups in total. The lowest BCUT2D eigenvalue weighted by molar-refractivity contribution is 0.278. The second-order valence-corrected chi connectivity index (χ2v) is 6.04. The number of imidazole rings is 1. The summed E-state index contributed by atoms with van der Waals surface area (Å²) in [6.45, 7) is 1.93. The van der Waals surface area contributed by atoms with Crippen molar-refractivity contribution in [2.24, 2.45) is 0 Å². The summed E-state index contributed by atoms with van der Waals surface area (Å²) in [7, 11) is 0. The zero-order valence-electron chi connectivity index (χ0n) is 10.6. The molecule has 2 aromatic heterocycles. The highest BCUT2D eigenvalue weighted by Gasteiger charge is 2.16. The standard InChI is InChI=1S/C14H11Br2N3O/c1-8-2-4-9(5-3-8)12-10(7-20)17-14-13(16)18-11(15)6-19(12)14/h2-6,20H,7H2,1H3. The van der Waals surface area contributed by atoms with Crippen LogP contribution in [0.5, 0.6) is 0 Å². The van der Waals surface area contributed by atoms with Crippen LogP contribution in [0, 0.1) is 6.92 Å². The molecule has 0 aliphatic rings. The van der Waals surface area contributed by atoms with Gasteiger partial charge in [0.25, 0.3) is 0 Å². The molecular weight excluding hydrogens is 386 g/mol. The van der Waals surface area contributed by atoms with Gasteiger partial charge < -0.3 is 5.11 Å². The number of aliphatic hydroxyl groups is 1. The van der Waals surface area contributed by atoms with Crippen molar-refractivity contribution in [1.29, 1.82) is 0 Å². The first-order chi connectivity index (χ1) is 9.60. The molecule has 20 heavy (non-hydrogen) atoms. The fourth-order valence-electron chi connectivity index (χ4n) is 2.16. The van der Waals surface area contributed by atoms with Crippen LogP contribution in [0.2, 0.25) is 0 Å². The van der Waals surface area contributed by atoms with E-state index in [4.69, 9.17) is 0 Å². The van der Waals surface area contributed by atoms with E-state index in [9.17, 15) is 5.11 Å². The maximum absolute atomic E-state index is 9.57. The highest BCUT2D eigenvalue weighted by atomic mass is 79.9. The van der Waals surface area contributed by atoms with Crippen molar-refractivity contribution >= 4 is 37.5 Å². The Balaban J connectivity index is 2.35. The van der Waals surface area contributed by atoms with Gasteiger partial charge in [-0.05, 0) is 38.8 Å². The van der Waals surface area contributed by atoms with Gasteiger partial charge in [0.1, 0.15) is 4.60 Å². The first-order valence-electron chi connectivity index (χ1n) is 6.01. The Morgan fingerprint density at radius 1 is 1.15 bits per heavy atom. The number of rotatable bonds is 2. The van der Waals surface area contributed by atoms with Gasteiger partial charge in [0.15, 0.2) is 10.3 Å². The lowest BCUT2D eigenvalue weighted by Crippen LogP contribution is -1.94. The third-order valence-electron chi connectivity index (χ3n) is 3.08. The van der Waals surface area contributed by atoms with Crippen LogP contribution in [0.3, 0.4) is 0 Å². The molecule has 0 fully saturated rings. The third kappa shape index (κ3) is 2.28. The van der Waals surface area contributed by atoms with E-state index in [1.54, 1.807) is 0 Å². The molecule has 0 radical (unpaired) electrons. The molecule has 0 saturated carbocycles. The van der Waals surface area contributed by atoms with Crippen LogP contribution in [0.4, 0.5) is 0 Å². The molecule has 0 amide bonds. The first kappa shape index (κ1) is 13.7. The van der Waals surface area contributed by atoms with Crippen LogP contribution in [-0.4, -0.2) is 19.5 Å². The summed E-state index contributed by atoms with van der Waals surface area (Å²) in [5.74, 6) is 0. The summed E-state index contributed by atoms with van der Waals surface area (Å²) in [5.41, 5.74) is 4.41. The molecule has 0 spiro atoms. The summed E-state index contributed by atoms with van der Waals surface area (Å²) in [6.07, 6.45) is 1.85. The molecule has 0 atom stereocenters. The van der Waals surface area contributed by atoms with Crippen molar-refractivity contribution in [2.75, 3.05) is 0 Å². The van der Waals surface area contributed by atoms with Crippen LogP contribution >= 0.6 is 31.9 Å². The number of hydrogen-bond acceptors (Lipinski definition) is 3.